The summed E-state index contributed by atoms with van der Waals surface area (Å²) in [7, 11) is 0. The maximum absolute atomic E-state index is 12.0. The molecular weight excluding hydrogens is 526 g/mol. The van der Waals surface area contributed by atoms with E-state index >= 15 is 0 Å². The van der Waals surface area contributed by atoms with Crippen molar-refractivity contribution in [1.29, 1.82) is 0 Å². The predicted octanol–water partition coefficient (Wildman–Crippen LogP) is 1.08. The molecule has 0 aliphatic heterocycles. The molecule has 0 bridgehead atoms. The van der Waals surface area contributed by atoms with Gasteiger partial charge in [-0.25, -0.2) is 15.2 Å². The van der Waals surface area contributed by atoms with E-state index in [2.05, 4.69) is 10.6 Å². The Hall–Kier alpha value is -2.85. The summed E-state index contributed by atoms with van der Waals surface area (Å²) in [5.41, 5.74) is 5.39. The van der Waals surface area contributed by atoms with Gasteiger partial charge in [0.25, 0.3) is 0 Å². The Morgan fingerprint density at radius 2 is 0.950 bits per heavy atom. The number of amides is 5. The second-order valence-electron chi connectivity index (χ2n) is 9.35. The molecule has 0 saturated carbocycles. The number of hydroxylamine groups is 6. The van der Waals surface area contributed by atoms with E-state index in [1.165, 1.54) is 6.92 Å². The van der Waals surface area contributed by atoms with E-state index in [0.717, 1.165) is 19.3 Å². The zero-order valence-electron chi connectivity index (χ0n) is 23.9. The Labute approximate surface area is 236 Å². The Bertz CT molecular complexity index is 742. The van der Waals surface area contributed by atoms with E-state index in [9.17, 15) is 39.6 Å². The van der Waals surface area contributed by atoms with E-state index in [1.54, 1.807) is 0 Å². The molecule has 0 spiro atoms. The second-order valence-corrected chi connectivity index (χ2v) is 9.35. The molecule has 15 nitrogen and oxygen atoms in total. The first-order valence-electron chi connectivity index (χ1n) is 13.8. The Balaban J connectivity index is 0. The molecule has 0 fully saturated rings. The van der Waals surface area contributed by atoms with Crippen LogP contribution < -0.4 is 22.5 Å². The van der Waals surface area contributed by atoms with Crippen LogP contribution in [0, 0.1) is 0 Å². The van der Waals surface area contributed by atoms with Crippen LogP contribution in [-0.2, 0) is 24.0 Å². The van der Waals surface area contributed by atoms with Crippen LogP contribution >= 0.6 is 0 Å². The van der Waals surface area contributed by atoms with E-state index in [4.69, 9.17) is 5.73 Å². The van der Waals surface area contributed by atoms with Gasteiger partial charge in [0.05, 0.1) is 0 Å². The highest BCUT2D eigenvalue weighted by Crippen LogP contribution is 2.03. The van der Waals surface area contributed by atoms with Crippen molar-refractivity contribution in [2.45, 2.75) is 90.4 Å². The van der Waals surface area contributed by atoms with Gasteiger partial charge in [-0.15, -0.1) is 0 Å². The standard InChI is InChI=1S/C25H48N6O8.H3N/c1-21(32)29(37)18-9-3-6-16-27-22(33)12-14-25(36)31(39)20-10-4-7-17-28-23(34)11-13-24(35)30(38)19-8-2-5-15-26;/h37-39H,2-20,26H2,1H3,(H,27,33)(H,28,34);1H3. The maximum Gasteiger partial charge on any atom is 0.246 e. The maximum atomic E-state index is 12.0. The topological polar surface area (TPSA) is 241 Å². The first-order valence-corrected chi connectivity index (χ1v) is 13.8. The third-order valence-corrected chi connectivity index (χ3v) is 5.88. The molecule has 0 aromatic carbocycles. The third-order valence-electron chi connectivity index (χ3n) is 5.88. The van der Waals surface area contributed by atoms with Gasteiger partial charge in [-0.3, -0.25) is 39.6 Å². The lowest BCUT2D eigenvalue weighted by Crippen LogP contribution is -2.31. The Kier molecular flexibility index (Phi) is 24.7. The van der Waals surface area contributed by atoms with Crippen LogP contribution in [0.15, 0.2) is 0 Å². The van der Waals surface area contributed by atoms with Crippen molar-refractivity contribution in [2.75, 3.05) is 39.3 Å². The summed E-state index contributed by atoms with van der Waals surface area (Å²) in [5, 5.41) is 36.1. The Morgan fingerprint density at radius 3 is 1.32 bits per heavy atom. The Morgan fingerprint density at radius 1 is 0.575 bits per heavy atom. The predicted molar refractivity (Wildman–Crippen MR) is 146 cm³/mol. The second kappa shape index (κ2) is 25.1. The lowest BCUT2D eigenvalue weighted by Gasteiger charge is -2.15. The lowest BCUT2D eigenvalue weighted by atomic mass is 10.2. The molecule has 0 aromatic heterocycles. The fraction of sp³-hybridized carbons (Fsp3) is 0.800. The zero-order chi connectivity index (χ0) is 29.5. The van der Waals surface area contributed by atoms with Gasteiger partial charge >= 0.3 is 0 Å². The van der Waals surface area contributed by atoms with Gasteiger partial charge in [-0.2, -0.15) is 0 Å². The van der Waals surface area contributed by atoms with Crippen LogP contribution in [-0.4, -0.2) is 99.6 Å². The molecule has 40 heavy (non-hydrogen) atoms. The van der Waals surface area contributed by atoms with Crippen molar-refractivity contribution in [3.63, 3.8) is 0 Å². The summed E-state index contributed by atoms with van der Waals surface area (Å²) in [6, 6.07) is 0. The number of rotatable bonds is 23. The van der Waals surface area contributed by atoms with E-state index in [0.29, 0.717) is 73.3 Å². The van der Waals surface area contributed by atoms with Gasteiger partial charge in [-0.1, -0.05) is 6.42 Å². The van der Waals surface area contributed by atoms with Gasteiger partial charge in [0.1, 0.15) is 0 Å². The van der Waals surface area contributed by atoms with Crippen molar-refractivity contribution in [3.05, 3.63) is 0 Å². The summed E-state index contributed by atoms with van der Waals surface area (Å²) < 4.78 is 0. The molecule has 0 saturated heterocycles. The van der Waals surface area contributed by atoms with Gasteiger partial charge in [0.15, 0.2) is 0 Å². The molecule has 0 unspecified atom stereocenters. The van der Waals surface area contributed by atoms with E-state index in [1.807, 2.05) is 0 Å². The number of hydrogen-bond donors (Lipinski definition) is 7. The largest absolute Gasteiger partial charge is 0.356 e. The third kappa shape index (κ3) is 22.0. The number of nitrogens with zero attached hydrogens (tertiary/aromatic N) is 3. The highest BCUT2D eigenvalue weighted by molar-refractivity contribution is 5.83. The molecule has 0 aliphatic rings. The molecule has 234 valence electrons. The molecule has 0 aromatic rings. The van der Waals surface area contributed by atoms with Crippen molar-refractivity contribution >= 4 is 29.5 Å². The van der Waals surface area contributed by atoms with Gasteiger partial charge < -0.3 is 22.5 Å². The summed E-state index contributed by atoms with van der Waals surface area (Å²) in [4.78, 5) is 58.4. The molecular formula is C25H51N7O8. The molecule has 0 aliphatic carbocycles. The van der Waals surface area contributed by atoms with Crippen LogP contribution in [0.25, 0.3) is 0 Å². The van der Waals surface area contributed by atoms with Crippen molar-refractivity contribution in [1.82, 2.24) is 32.0 Å². The number of carbonyl (C=O) groups excluding carboxylic acids is 5. The SMILES string of the molecule is CC(=O)N(O)CCCCCNC(=O)CCC(=O)N(O)CCCCCNC(=O)CCC(=O)N(O)CCCCCN.N. The first-order chi connectivity index (χ1) is 18.6. The van der Waals surface area contributed by atoms with Crippen molar-refractivity contribution in [2.24, 2.45) is 5.73 Å². The minimum absolute atomic E-state index is 0. The number of hydrogen-bond acceptors (Lipinski definition) is 10. The molecule has 0 atom stereocenters. The average molecular weight is 578 g/mol. The van der Waals surface area contributed by atoms with Crippen LogP contribution in [0.4, 0.5) is 0 Å². The minimum atomic E-state index is -0.548. The number of nitrogens with one attached hydrogen (secondary N) is 2. The highest BCUT2D eigenvalue weighted by Gasteiger charge is 2.14. The smallest absolute Gasteiger partial charge is 0.246 e. The number of unbranched alkanes of at least 4 members (excludes halogenated alkanes) is 6. The fourth-order valence-corrected chi connectivity index (χ4v) is 3.45. The van der Waals surface area contributed by atoms with Crippen LogP contribution in [0.3, 0.4) is 0 Å². The lowest BCUT2D eigenvalue weighted by molar-refractivity contribution is -0.166. The van der Waals surface area contributed by atoms with Crippen LogP contribution in [0.1, 0.15) is 90.4 Å². The molecule has 10 N–H and O–H groups in total. The van der Waals surface area contributed by atoms with E-state index in [-0.39, 0.29) is 63.3 Å². The summed E-state index contributed by atoms with van der Waals surface area (Å²) in [5.74, 6) is -2.05. The molecule has 0 heterocycles. The molecule has 15 heteroatoms. The fourth-order valence-electron chi connectivity index (χ4n) is 3.45. The first kappa shape index (κ1) is 39.3. The van der Waals surface area contributed by atoms with Crippen molar-refractivity contribution in [3.8, 4) is 0 Å². The summed E-state index contributed by atoms with van der Waals surface area (Å²) >= 11 is 0. The summed E-state index contributed by atoms with van der Waals surface area (Å²) in [6.45, 7) is 3.22. The minimum Gasteiger partial charge on any atom is -0.356 e. The zero-order valence-corrected chi connectivity index (χ0v) is 23.9. The summed E-state index contributed by atoms with van der Waals surface area (Å²) in [6.07, 6.45) is 5.84. The van der Waals surface area contributed by atoms with Gasteiger partial charge in [-0.05, 0) is 57.9 Å². The molecule has 5 amide bonds. The highest BCUT2D eigenvalue weighted by atomic mass is 16.5. The number of nitrogens with two attached hydrogens (primary N) is 1. The van der Waals surface area contributed by atoms with E-state index < -0.39 is 17.7 Å². The van der Waals surface area contributed by atoms with Crippen LogP contribution in [0.2, 0.25) is 0 Å². The normalized spacial score (nSPS) is 10.3. The molecule has 0 rings (SSSR count). The van der Waals surface area contributed by atoms with Crippen molar-refractivity contribution < 1.29 is 39.6 Å². The van der Waals surface area contributed by atoms with Gasteiger partial charge in [0, 0.05) is 65.3 Å². The van der Waals surface area contributed by atoms with Crippen LogP contribution in [0.5, 0.6) is 0 Å². The quantitative estimate of drug-likeness (QED) is 0.0517. The molecule has 0 radical (unpaired) electrons. The average Bonchev–Trinajstić information content (AvgIpc) is 2.91. The monoisotopic (exact) mass is 577 g/mol. The number of carbonyl (C=O) groups is 5. The van der Waals surface area contributed by atoms with Gasteiger partial charge in [0.2, 0.25) is 29.5 Å².